The van der Waals surface area contributed by atoms with Gasteiger partial charge in [0.05, 0.1) is 28.0 Å². The van der Waals surface area contributed by atoms with E-state index in [1.165, 1.54) is 47.9 Å². The Hall–Kier alpha value is -4.31. The number of imidazole rings is 1. The first-order chi connectivity index (χ1) is 22.0. The third-order valence-electron chi connectivity index (χ3n) is 9.38. The topological polar surface area (TPSA) is 43.9 Å². The SMILES string of the molecule is CC1(C)C=Cc2c(C3CCCC3)ccc3nc(-c4[c-]cccc4)n1c23.Cc1ccc2c(c1)oc1c(-c3ccccn3)[c-]ccc12.[Ir]. The zero-order valence-corrected chi connectivity index (χ0v) is 28.7. The number of benzene rings is 4. The van der Waals surface area contributed by atoms with E-state index >= 15 is 0 Å². The summed E-state index contributed by atoms with van der Waals surface area (Å²) in [4.78, 5) is 9.41. The van der Waals surface area contributed by atoms with Gasteiger partial charge in [0.1, 0.15) is 5.58 Å². The number of rotatable bonds is 3. The van der Waals surface area contributed by atoms with Crippen molar-refractivity contribution >= 4 is 39.0 Å². The second kappa shape index (κ2) is 12.1. The molecule has 0 unspecified atom stereocenters. The minimum Gasteiger partial charge on any atom is -0.501 e. The molecule has 46 heavy (non-hydrogen) atoms. The Balaban J connectivity index is 0.000000147. The molecule has 4 nitrogen and oxygen atoms in total. The fourth-order valence-corrected chi connectivity index (χ4v) is 7.16. The number of aromatic nitrogens is 3. The molecular formula is C41H35IrN3O-2. The molecule has 231 valence electrons. The molecule has 1 aliphatic carbocycles. The van der Waals surface area contributed by atoms with Crippen molar-refractivity contribution in [1.29, 1.82) is 0 Å². The monoisotopic (exact) mass is 778 g/mol. The number of hydrogen-bond acceptors (Lipinski definition) is 3. The summed E-state index contributed by atoms with van der Waals surface area (Å²) in [5.41, 5.74) is 11.0. The maximum Gasteiger partial charge on any atom is 0.121 e. The largest absolute Gasteiger partial charge is 0.501 e. The Bertz CT molecular complexity index is 2200. The molecule has 3 aromatic heterocycles. The fraction of sp³-hybridized carbons (Fsp3) is 0.220. The number of pyridine rings is 1. The third-order valence-corrected chi connectivity index (χ3v) is 9.38. The van der Waals surface area contributed by atoms with E-state index in [1.54, 1.807) is 6.20 Å². The Kier molecular flexibility index (Phi) is 8.00. The van der Waals surface area contributed by atoms with Crippen LogP contribution >= 0.6 is 0 Å². The van der Waals surface area contributed by atoms with Gasteiger partial charge in [0.15, 0.2) is 0 Å². The number of aryl methyl sites for hydroxylation is 1. The summed E-state index contributed by atoms with van der Waals surface area (Å²) in [5.74, 6) is 1.73. The normalized spacial score (nSPS) is 15.2. The average molecular weight is 778 g/mol. The molecule has 1 aliphatic heterocycles. The average Bonchev–Trinajstić information content (AvgIpc) is 3.82. The van der Waals surface area contributed by atoms with E-state index in [9.17, 15) is 0 Å². The van der Waals surface area contributed by atoms with Gasteiger partial charge in [-0.05, 0) is 74.6 Å². The molecule has 5 heteroatoms. The summed E-state index contributed by atoms with van der Waals surface area (Å²) < 4.78 is 8.47. The van der Waals surface area contributed by atoms with Gasteiger partial charge in [-0.3, -0.25) is 4.98 Å². The molecule has 0 spiro atoms. The molecule has 0 amide bonds. The molecule has 7 aromatic rings. The van der Waals surface area contributed by atoms with E-state index < -0.39 is 0 Å². The van der Waals surface area contributed by atoms with Crippen LogP contribution in [0.3, 0.4) is 0 Å². The molecule has 4 heterocycles. The summed E-state index contributed by atoms with van der Waals surface area (Å²) >= 11 is 0. The Morgan fingerprint density at radius 3 is 2.52 bits per heavy atom. The summed E-state index contributed by atoms with van der Waals surface area (Å²) in [6.07, 6.45) is 11.8. The summed E-state index contributed by atoms with van der Waals surface area (Å²) in [6.45, 7) is 6.60. The molecule has 0 atom stereocenters. The fourth-order valence-electron chi connectivity index (χ4n) is 7.16. The second-order valence-electron chi connectivity index (χ2n) is 12.9. The Morgan fingerprint density at radius 1 is 0.891 bits per heavy atom. The smallest absolute Gasteiger partial charge is 0.121 e. The quantitative estimate of drug-likeness (QED) is 0.168. The Labute approximate surface area is 283 Å². The van der Waals surface area contributed by atoms with Crippen LogP contribution in [0.25, 0.3) is 61.7 Å². The van der Waals surface area contributed by atoms with Crippen molar-refractivity contribution in [2.24, 2.45) is 0 Å². The van der Waals surface area contributed by atoms with Gasteiger partial charge in [0, 0.05) is 37.3 Å². The van der Waals surface area contributed by atoms with Gasteiger partial charge in [-0.1, -0.05) is 66.3 Å². The predicted octanol–water partition coefficient (Wildman–Crippen LogP) is 10.7. The first kappa shape index (κ1) is 30.3. The summed E-state index contributed by atoms with van der Waals surface area (Å²) in [7, 11) is 0. The first-order valence-corrected chi connectivity index (χ1v) is 15.9. The van der Waals surface area contributed by atoms with E-state index in [-0.39, 0.29) is 25.6 Å². The molecule has 0 bridgehead atoms. The van der Waals surface area contributed by atoms with Crippen LogP contribution < -0.4 is 0 Å². The first-order valence-electron chi connectivity index (χ1n) is 15.9. The third kappa shape index (κ3) is 5.22. The standard InChI is InChI=1S/C23H23N2.C18H12NO.Ir/c1-23(2)15-14-19-18(16-8-6-7-9-16)12-13-20-21(19)25(23)22(24-20)17-10-4-3-5-11-17;1-12-8-9-13-14-5-4-6-15(16-7-2-3-10-19-16)18(14)20-17(13)11-12;/h3-5,10,12-16H,6-9H2,1-2H3;2-5,7-11H,1H3;/q2*-1;. The maximum absolute atomic E-state index is 6.05. The second-order valence-corrected chi connectivity index (χ2v) is 12.9. The minimum absolute atomic E-state index is 0. The Morgan fingerprint density at radius 2 is 1.74 bits per heavy atom. The van der Waals surface area contributed by atoms with Gasteiger partial charge in [0.2, 0.25) is 0 Å². The number of allylic oxidation sites excluding steroid dienone is 1. The van der Waals surface area contributed by atoms with Crippen molar-refractivity contribution in [3.63, 3.8) is 0 Å². The molecule has 1 fully saturated rings. The molecule has 4 aromatic carbocycles. The van der Waals surface area contributed by atoms with Crippen LogP contribution in [0, 0.1) is 19.1 Å². The van der Waals surface area contributed by atoms with Crippen molar-refractivity contribution in [2.75, 3.05) is 0 Å². The van der Waals surface area contributed by atoms with E-state index in [0.717, 1.165) is 50.1 Å². The predicted molar refractivity (Wildman–Crippen MR) is 184 cm³/mol. The molecule has 0 N–H and O–H groups in total. The van der Waals surface area contributed by atoms with Crippen molar-refractivity contribution in [2.45, 2.75) is 57.9 Å². The molecule has 9 rings (SSSR count). The van der Waals surface area contributed by atoms with Crippen LogP contribution in [0.2, 0.25) is 0 Å². The van der Waals surface area contributed by atoms with Gasteiger partial charge in [-0.15, -0.1) is 54.1 Å². The van der Waals surface area contributed by atoms with Crippen LogP contribution in [-0.2, 0) is 25.6 Å². The zero-order valence-electron chi connectivity index (χ0n) is 26.3. The summed E-state index contributed by atoms with van der Waals surface area (Å²) in [6, 6.07) is 35.4. The van der Waals surface area contributed by atoms with Crippen LogP contribution in [0.4, 0.5) is 0 Å². The van der Waals surface area contributed by atoms with Gasteiger partial charge in [-0.25, -0.2) is 0 Å². The van der Waals surface area contributed by atoms with Gasteiger partial charge >= 0.3 is 0 Å². The van der Waals surface area contributed by atoms with Crippen molar-refractivity contribution in [3.05, 3.63) is 126 Å². The van der Waals surface area contributed by atoms with E-state index in [2.05, 4.69) is 97.1 Å². The van der Waals surface area contributed by atoms with Crippen molar-refractivity contribution < 1.29 is 24.5 Å². The van der Waals surface area contributed by atoms with Crippen LogP contribution in [0.5, 0.6) is 0 Å². The molecular weight excluding hydrogens is 743 g/mol. The number of furan rings is 1. The molecule has 0 saturated heterocycles. The van der Waals surface area contributed by atoms with Crippen LogP contribution in [0.15, 0.2) is 102 Å². The molecule has 2 aliphatic rings. The van der Waals surface area contributed by atoms with E-state index in [1.807, 2.05) is 42.5 Å². The van der Waals surface area contributed by atoms with Crippen LogP contribution in [0.1, 0.15) is 62.1 Å². The van der Waals surface area contributed by atoms with Crippen LogP contribution in [-0.4, -0.2) is 14.5 Å². The summed E-state index contributed by atoms with van der Waals surface area (Å²) in [5, 5.41) is 2.25. The van der Waals surface area contributed by atoms with Gasteiger partial charge < -0.3 is 14.0 Å². The minimum atomic E-state index is -0.0882. The number of fused-ring (bicyclic) bond motifs is 3. The van der Waals surface area contributed by atoms with Crippen molar-refractivity contribution in [3.8, 4) is 22.6 Å². The zero-order chi connectivity index (χ0) is 30.5. The van der Waals surface area contributed by atoms with Gasteiger partial charge in [-0.2, -0.15) is 0 Å². The maximum atomic E-state index is 6.05. The molecule has 1 saturated carbocycles. The number of hydrogen-bond donors (Lipinski definition) is 0. The van der Waals surface area contributed by atoms with E-state index in [0.29, 0.717) is 5.92 Å². The van der Waals surface area contributed by atoms with Crippen molar-refractivity contribution in [1.82, 2.24) is 14.5 Å². The molecule has 1 radical (unpaired) electrons. The number of nitrogens with zero attached hydrogens (tertiary/aromatic N) is 3. The van der Waals surface area contributed by atoms with E-state index in [4.69, 9.17) is 9.40 Å². The van der Waals surface area contributed by atoms with Gasteiger partial charge in [0.25, 0.3) is 0 Å².